The van der Waals surface area contributed by atoms with Gasteiger partial charge in [0.2, 0.25) is 6.41 Å². The number of hydrogen-bond donors (Lipinski definition) is 1. The molecule has 1 aliphatic heterocycles. The van der Waals surface area contributed by atoms with Crippen molar-refractivity contribution in [2.75, 3.05) is 0 Å². The number of nitrogens with one attached hydrogen (secondary N) is 1. The molecule has 0 bridgehead atoms. The highest BCUT2D eigenvalue weighted by Gasteiger charge is 2.43. The summed E-state index contributed by atoms with van der Waals surface area (Å²) in [5.41, 5.74) is 0. The Morgan fingerprint density at radius 2 is 1.66 bits per heavy atom. The fraction of sp³-hybridized carbons (Fsp3) is 0.828. The van der Waals surface area contributed by atoms with E-state index in [4.69, 9.17) is 9.47 Å². The molecular formula is C29H51NO5. The first-order valence-electron chi connectivity index (χ1n) is 14.2. The van der Waals surface area contributed by atoms with Gasteiger partial charge in [0.15, 0.2) is 0 Å². The summed E-state index contributed by atoms with van der Waals surface area (Å²) in [6, 6.07) is -0.651. The van der Waals surface area contributed by atoms with Gasteiger partial charge in [0.25, 0.3) is 0 Å². The molecule has 0 aromatic heterocycles. The number of unbranched alkanes of at least 4 members (excludes halogenated alkanes) is 8. The summed E-state index contributed by atoms with van der Waals surface area (Å²) in [5.74, 6) is -0.370. The van der Waals surface area contributed by atoms with E-state index in [1.54, 1.807) is 0 Å². The van der Waals surface area contributed by atoms with Crippen LogP contribution in [0.3, 0.4) is 0 Å². The molecule has 202 valence electrons. The Bertz CT molecular complexity index is 618. The van der Waals surface area contributed by atoms with Crippen molar-refractivity contribution in [3.63, 3.8) is 0 Å². The molecule has 0 aliphatic carbocycles. The van der Waals surface area contributed by atoms with Crippen LogP contribution in [0.1, 0.15) is 124 Å². The van der Waals surface area contributed by atoms with Crippen molar-refractivity contribution in [2.45, 2.75) is 142 Å². The third kappa shape index (κ3) is 13.7. The lowest BCUT2D eigenvalue weighted by Gasteiger charge is -2.37. The smallest absolute Gasteiger partial charge is 0.328 e. The number of amides is 1. The van der Waals surface area contributed by atoms with Crippen LogP contribution in [-0.4, -0.2) is 36.6 Å². The largest absolute Gasteiger partial charge is 0.461 e. The molecule has 6 nitrogen and oxygen atoms in total. The Hall–Kier alpha value is -1.85. The molecular weight excluding hydrogens is 442 g/mol. The van der Waals surface area contributed by atoms with Gasteiger partial charge in [0, 0.05) is 6.42 Å². The van der Waals surface area contributed by atoms with Crippen molar-refractivity contribution >= 4 is 18.3 Å². The van der Waals surface area contributed by atoms with E-state index in [2.05, 4.69) is 31.3 Å². The highest BCUT2D eigenvalue weighted by molar-refractivity contribution is 5.79. The average Bonchev–Trinajstić information content (AvgIpc) is 2.81. The quantitative estimate of drug-likeness (QED) is 0.0789. The summed E-state index contributed by atoms with van der Waals surface area (Å²) in [6.07, 6.45) is 19.7. The molecule has 6 heteroatoms. The van der Waals surface area contributed by atoms with Gasteiger partial charge in [-0.1, -0.05) is 91.2 Å². The fourth-order valence-electron chi connectivity index (χ4n) is 4.61. The zero-order valence-electron chi connectivity index (χ0n) is 22.8. The first-order valence-corrected chi connectivity index (χ1v) is 14.2. The lowest BCUT2D eigenvalue weighted by atomic mass is 9.86. The molecule has 0 spiro atoms. The minimum Gasteiger partial charge on any atom is -0.461 e. The van der Waals surface area contributed by atoms with Crippen LogP contribution in [0.2, 0.25) is 0 Å². The van der Waals surface area contributed by atoms with Crippen LogP contribution >= 0.6 is 0 Å². The Morgan fingerprint density at radius 1 is 1.00 bits per heavy atom. The number of ether oxygens (including phenoxy) is 2. The summed E-state index contributed by atoms with van der Waals surface area (Å²) in [5, 5.41) is 2.61. The molecule has 0 aromatic carbocycles. The minimum atomic E-state index is -0.651. The topological polar surface area (TPSA) is 81.7 Å². The number of esters is 2. The lowest BCUT2D eigenvalue weighted by Crippen LogP contribution is -2.48. The molecule has 4 atom stereocenters. The molecule has 1 N–H and O–H groups in total. The van der Waals surface area contributed by atoms with Gasteiger partial charge in [-0.05, 0) is 44.4 Å². The van der Waals surface area contributed by atoms with Gasteiger partial charge in [-0.15, -0.1) is 0 Å². The molecule has 0 saturated carbocycles. The van der Waals surface area contributed by atoms with Crippen LogP contribution in [-0.2, 0) is 23.9 Å². The number of rotatable bonds is 22. The number of carbonyl (C=O) groups is 3. The van der Waals surface area contributed by atoms with Gasteiger partial charge >= 0.3 is 11.9 Å². The standard InChI is InChI=1S/C29H51NO5/c1-5-7-9-11-12-13-14-15-16-18-24(34-29(33)26(30-22-31)20-23(3)4)21-27-25(28(32)35-27)19-17-10-8-6-2/h14-15,22-27H,5-13,16-21H2,1-4H3,(H,30,31)/b15-14+. The second-order valence-electron chi connectivity index (χ2n) is 10.4. The van der Waals surface area contributed by atoms with Crippen LogP contribution < -0.4 is 5.32 Å². The fourth-order valence-corrected chi connectivity index (χ4v) is 4.61. The van der Waals surface area contributed by atoms with E-state index in [0.29, 0.717) is 25.7 Å². The van der Waals surface area contributed by atoms with Crippen LogP contribution in [0.15, 0.2) is 12.2 Å². The average molecular weight is 494 g/mol. The number of hydrogen-bond acceptors (Lipinski definition) is 5. The van der Waals surface area contributed by atoms with Crippen LogP contribution in [0.5, 0.6) is 0 Å². The number of carbonyl (C=O) groups excluding carboxylic acids is 3. The summed E-state index contributed by atoms with van der Waals surface area (Å²) in [7, 11) is 0. The summed E-state index contributed by atoms with van der Waals surface area (Å²) >= 11 is 0. The SMILES string of the molecule is CCCCCCC/C=C/CCC(CC1OC(=O)C1CCCCCC)OC(=O)C(CC(C)C)NC=O. The Balaban J connectivity index is 2.64. The molecule has 35 heavy (non-hydrogen) atoms. The van der Waals surface area contributed by atoms with Crippen molar-refractivity contribution in [3.05, 3.63) is 12.2 Å². The lowest BCUT2D eigenvalue weighted by molar-refractivity contribution is -0.190. The van der Waals surface area contributed by atoms with Gasteiger partial charge < -0.3 is 14.8 Å². The maximum atomic E-state index is 12.8. The second-order valence-corrected chi connectivity index (χ2v) is 10.4. The monoisotopic (exact) mass is 493 g/mol. The molecule has 0 radical (unpaired) electrons. The van der Waals surface area contributed by atoms with Gasteiger partial charge in [-0.3, -0.25) is 9.59 Å². The predicted octanol–water partition coefficient (Wildman–Crippen LogP) is 6.66. The Kier molecular flexibility index (Phi) is 17.2. The summed E-state index contributed by atoms with van der Waals surface area (Å²) in [4.78, 5) is 35.9. The van der Waals surface area contributed by atoms with Gasteiger partial charge in [0.05, 0.1) is 5.92 Å². The van der Waals surface area contributed by atoms with Gasteiger partial charge in [-0.25, -0.2) is 4.79 Å². The number of cyclic esters (lactones) is 1. The maximum absolute atomic E-state index is 12.8. The van der Waals surface area contributed by atoms with E-state index in [1.807, 2.05) is 13.8 Å². The minimum absolute atomic E-state index is 0.0914. The molecule has 1 rings (SSSR count). The van der Waals surface area contributed by atoms with E-state index in [1.165, 1.54) is 38.5 Å². The molecule has 4 unspecified atom stereocenters. The van der Waals surface area contributed by atoms with E-state index < -0.39 is 12.0 Å². The van der Waals surface area contributed by atoms with Crippen LogP contribution in [0.4, 0.5) is 0 Å². The molecule has 1 amide bonds. The normalized spacial score (nSPS) is 19.3. The van der Waals surface area contributed by atoms with Crippen LogP contribution in [0.25, 0.3) is 0 Å². The molecule has 1 saturated heterocycles. The summed E-state index contributed by atoms with van der Waals surface area (Å²) < 4.78 is 11.4. The zero-order valence-corrected chi connectivity index (χ0v) is 22.8. The molecule has 1 fully saturated rings. The zero-order chi connectivity index (χ0) is 25.9. The van der Waals surface area contributed by atoms with Crippen molar-refractivity contribution in [2.24, 2.45) is 11.8 Å². The van der Waals surface area contributed by atoms with E-state index >= 15 is 0 Å². The maximum Gasteiger partial charge on any atom is 0.328 e. The van der Waals surface area contributed by atoms with Crippen molar-refractivity contribution in [3.8, 4) is 0 Å². The Labute approximate surface area is 214 Å². The van der Waals surface area contributed by atoms with Gasteiger partial charge in [0.1, 0.15) is 18.2 Å². The first kappa shape index (κ1) is 31.2. The summed E-state index contributed by atoms with van der Waals surface area (Å²) in [6.45, 7) is 8.41. The van der Waals surface area contributed by atoms with Gasteiger partial charge in [-0.2, -0.15) is 0 Å². The third-order valence-corrected chi connectivity index (χ3v) is 6.72. The van der Waals surface area contributed by atoms with E-state index in [0.717, 1.165) is 38.5 Å². The Morgan fingerprint density at radius 3 is 2.29 bits per heavy atom. The highest BCUT2D eigenvalue weighted by Crippen LogP contribution is 2.32. The second kappa shape index (κ2) is 19.4. The van der Waals surface area contributed by atoms with Crippen molar-refractivity contribution in [1.82, 2.24) is 5.32 Å². The number of allylic oxidation sites excluding steroid dienone is 2. The molecule has 0 aromatic rings. The highest BCUT2D eigenvalue weighted by atomic mass is 16.6. The van der Waals surface area contributed by atoms with Crippen molar-refractivity contribution in [1.29, 1.82) is 0 Å². The molecule has 1 aliphatic rings. The van der Waals surface area contributed by atoms with E-state index in [9.17, 15) is 14.4 Å². The predicted molar refractivity (Wildman–Crippen MR) is 141 cm³/mol. The molecule has 1 heterocycles. The van der Waals surface area contributed by atoms with Crippen molar-refractivity contribution < 1.29 is 23.9 Å². The van der Waals surface area contributed by atoms with Crippen LogP contribution in [0, 0.1) is 11.8 Å². The third-order valence-electron chi connectivity index (χ3n) is 6.72. The van der Waals surface area contributed by atoms with E-state index in [-0.39, 0.29) is 30.0 Å². The first-order chi connectivity index (χ1) is 16.9.